The molecular weight excluding hydrogens is 292 g/mol. The Morgan fingerprint density at radius 3 is 2.91 bits per heavy atom. The Morgan fingerprint density at radius 2 is 2.13 bits per heavy atom. The lowest BCUT2D eigenvalue weighted by atomic mass is 10.00. The number of rotatable bonds is 5. The standard InChI is InChI=1S/C17H22N4O2/c22-16(10-18-17(23)14-5-7-19-20-9-14)12-21-8-6-13-3-1-2-4-15(13)11-21/h1-5,7,9,16,19-20,22H,6,8,10-12H2,(H,18,23). The molecule has 0 radical (unpaired) electrons. The van der Waals surface area contributed by atoms with Crippen LogP contribution in [0, 0.1) is 0 Å². The number of benzene rings is 1. The Hall–Kier alpha value is -2.31. The van der Waals surface area contributed by atoms with Crippen LogP contribution in [0.5, 0.6) is 0 Å². The molecule has 2 heterocycles. The van der Waals surface area contributed by atoms with Crippen molar-refractivity contribution in [2.45, 2.75) is 19.1 Å². The van der Waals surface area contributed by atoms with Gasteiger partial charge in [-0.15, -0.1) is 0 Å². The molecule has 2 aliphatic rings. The fourth-order valence-electron chi connectivity index (χ4n) is 2.87. The summed E-state index contributed by atoms with van der Waals surface area (Å²) in [5.41, 5.74) is 8.75. The van der Waals surface area contributed by atoms with Gasteiger partial charge in [-0.2, -0.15) is 0 Å². The number of β-amino-alcohol motifs (C(OH)–C–C–N with tert-alkyl or cyclic N) is 1. The average molecular weight is 314 g/mol. The first-order valence-corrected chi connectivity index (χ1v) is 7.85. The van der Waals surface area contributed by atoms with Gasteiger partial charge in [-0.05, 0) is 23.6 Å². The SMILES string of the molecule is O=C(NCC(O)CN1CCc2ccccc2C1)C1=CNNC=C1. The maximum absolute atomic E-state index is 11.9. The number of nitrogens with zero attached hydrogens (tertiary/aromatic N) is 1. The number of carbonyl (C=O) groups is 1. The van der Waals surface area contributed by atoms with Crippen LogP contribution >= 0.6 is 0 Å². The van der Waals surface area contributed by atoms with Crippen molar-refractivity contribution in [1.29, 1.82) is 0 Å². The molecule has 0 saturated carbocycles. The van der Waals surface area contributed by atoms with Crippen molar-refractivity contribution in [3.8, 4) is 0 Å². The van der Waals surface area contributed by atoms with E-state index in [-0.39, 0.29) is 12.5 Å². The summed E-state index contributed by atoms with van der Waals surface area (Å²) in [6, 6.07) is 8.42. The minimum atomic E-state index is -0.580. The first-order valence-electron chi connectivity index (χ1n) is 7.85. The highest BCUT2D eigenvalue weighted by Gasteiger charge is 2.19. The predicted octanol–water partition coefficient (Wildman–Crippen LogP) is 0.0272. The van der Waals surface area contributed by atoms with Crippen molar-refractivity contribution in [1.82, 2.24) is 21.1 Å². The van der Waals surface area contributed by atoms with Crippen LogP contribution in [-0.4, -0.2) is 41.7 Å². The maximum Gasteiger partial charge on any atom is 0.252 e. The number of fused-ring (bicyclic) bond motifs is 1. The van der Waals surface area contributed by atoms with Gasteiger partial charge in [-0.25, -0.2) is 0 Å². The molecule has 1 atom stereocenters. The number of aliphatic hydroxyl groups is 1. The topological polar surface area (TPSA) is 76.6 Å². The third-order valence-corrected chi connectivity index (χ3v) is 4.10. The third kappa shape index (κ3) is 4.12. The first-order chi connectivity index (χ1) is 11.2. The highest BCUT2D eigenvalue weighted by atomic mass is 16.3. The molecule has 1 unspecified atom stereocenters. The maximum atomic E-state index is 11.9. The van der Waals surface area contributed by atoms with Crippen molar-refractivity contribution >= 4 is 5.91 Å². The summed E-state index contributed by atoms with van der Waals surface area (Å²) in [6.07, 6.45) is 5.34. The average Bonchev–Trinajstić information content (AvgIpc) is 2.60. The first kappa shape index (κ1) is 15.6. The minimum absolute atomic E-state index is 0.196. The van der Waals surface area contributed by atoms with E-state index in [1.165, 1.54) is 11.1 Å². The number of carbonyl (C=O) groups excluding carboxylic acids is 1. The van der Waals surface area contributed by atoms with Gasteiger partial charge in [0.1, 0.15) is 0 Å². The van der Waals surface area contributed by atoms with Crippen molar-refractivity contribution in [2.24, 2.45) is 0 Å². The van der Waals surface area contributed by atoms with Crippen LogP contribution in [0.2, 0.25) is 0 Å². The van der Waals surface area contributed by atoms with E-state index in [4.69, 9.17) is 0 Å². The van der Waals surface area contributed by atoms with E-state index in [0.717, 1.165) is 19.5 Å². The van der Waals surface area contributed by atoms with Gasteiger partial charge in [0.15, 0.2) is 0 Å². The summed E-state index contributed by atoms with van der Waals surface area (Å²) in [5.74, 6) is -0.196. The van der Waals surface area contributed by atoms with Gasteiger partial charge < -0.3 is 21.3 Å². The second kappa shape index (κ2) is 7.30. The van der Waals surface area contributed by atoms with Crippen molar-refractivity contribution in [2.75, 3.05) is 19.6 Å². The molecule has 1 aromatic carbocycles. The zero-order valence-corrected chi connectivity index (χ0v) is 13.0. The molecule has 0 spiro atoms. The van der Waals surface area contributed by atoms with Crippen LogP contribution in [-0.2, 0) is 17.8 Å². The molecule has 0 aliphatic carbocycles. The Labute approximate surface area is 135 Å². The van der Waals surface area contributed by atoms with Gasteiger partial charge >= 0.3 is 0 Å². The van der Waals surface area contributed by atoms with E-state index in [1.54, 1.807) is 18.5 Å². The molecule has 0 fully saturated rings. The molecule has 3 rings (SSSR count). The van der Waals surface area contributed by atoms with Crippen LogP contribution in [0.1, 0.15) is 11.1 Å². The fourth-order valence-corrected chi connectivity index (χ4v) is 2.87. The van der Waals surface area contributed by atoms with Crippen LogP contribution < -0.4 is 16.2 Å². The van der Waals surface area contributed by atoms with Crippen molar-refractivity contribution in [3.05, 3.63) is 59.4 Å². The summed E-state index contributed by atoms with van der Waals surface area (Å²) >= 11 is 0. The molecule has 6 heteroatoms. The van der Waals surface area contributed by atoms with Gasteiger partial charge in [0.2, 0.25) is 0 Å². The molecular formula is C17H22N4O2. The number of nitrogens with one attached hydrogen (secondary N) is 3. The van der Waals surface area contributed by atoms with E-state index in [2.05, 4.69) is 39.3 Å². The van der Waals surface area contributed by atoms with E-state index in [1.807, 2.05) is 6.07 Å². The second-order valence-electron chi connectivity index (χ2n) is 5.84. The fraction of sp³-hybridized carbons (Fsp3) is 0.353. The normalized spacial score (nSPS) is 18.2. The smallest absolute Gasteiger partial charge is 0.252 e. The molecule has 1 amide bonds. The molecule has 0 aromatic heterocycles. The van der Waals surface area contributed by atoms with Crippen molar-refractivity contribution < 1.29 is 9.90 Å². The lowest BCUT2D eigenvalue weighted by Gasteiger charge is -2.30. The summed E-state index contributed by atoms with van der Waals surface area (Å²) < 4.78 is 0. The van der Waals surface area contributed by atoms with Gasteiger partial charge in [0.25, 0.3) is 5.91 Å². The zero-order valence-electron chi connectivity index (χ0n) is 13.0. The van der Waals surface area contributed by atoms with E-state index in [0.29, 0.717) is 12.1 Å². The van der Waals surface area contributed by atoms with Crippen LogP contribution in [0.25, 0.3) is 0 Å². The molecule has 4 N–H and O–H groups in total. The molecule has 2 aliphatic heterocycles. The summed E-state index contributed by atoms with van der Waals surface area (Å²) in [4.78, 5) is 14.2. The number of hydrogen-bond donors (Lipinski definition) is 4. The molecule has 23 heavy (non-hydrogen) atoms. The van der Waals surface area contributed by atoms with Gasteiger partial charge in [0.05, 0.1) is 11.7 Å². The molecule has 6 nitrogen and oxygen atoms in total. The Morgan fingerprint density at radius 1 is 1.30 bits per heavy atom. The molecule has 0 bridgehead atoms. The molecule has 1 aromatic rings. The zero-order chi connectivity index (χ0) is 16.1. The van der Waals surface area contributed by atoms with Gasteiger partial charge in [-0.3, -0.25) is 9.69 Å². The highest BCUT2D eigenvalue weighted by Crippen LogP contribution is 2.18. The Balaban J connectivity index is 1.45. The second-order valence-corrected chi connectivity index (χ2v) is 5.84. The van der Waals surface area contributed by atoms with Gasteiger partial charge in [0, 0.05) is 38.6 Å². The summed E-state index contributed by atoms with van der Waals surface area (Å²) in [5, 5.41) is 12.9. The number of hydrogen-bond acceptors (Lipinski definition) is 5. The van der Waals surface area contributed by atoms with Crippen LogP contribution in [0.4, 0.5) is 0 Å². The van der Waals surface area contributed by atoms with E-state index < -0.39 is 6.10 Å². The highest BCUT2D eigenvalue weighted by molar-refractivity contribution is 5.96. The van der Waals surface area contributed by atoms with Crippen molar-refractivity contribution in [3.63, 3.8) is 0 Å². The van der Waals surface area contributed by atoms with Crippen LogP contribution in [0.3, 0.4) is 0 Å². The number of aliphatic hydroxyl groups excluding tert-OH is 1. The van der Waals surface area contributed by atoms with Gasteiger partial charge in [-0.1, -0.05) is 24.3 Å². The molecule has 0 saturated heterocycles. The minimum Gasteiger partial charge on any atom is -0.390 e. The lowest BCUT2D eigenvalue weighted by Crippen LogP contribution is -2.42. The Bertz CT molecular complexity index is 627. The summed E-state index contributed by atoms with van der Waals surface area (Å²) in [6.45, 7) is 2.59. The lowest BCUT2D eigenvalue weighted by molar-refractivity contribution is -0.117. The largest absolute Gasteiger partial charge is 0.390 e. The van der Waals surface area contributed by atoms with E-state index in [9.17, 15) is 9.90 Å². The number of amides is 1. The number of hydrazine groups is 1. The third-order valence-electron chi connectivity index (χ3n) is 4.10. The quantitative estimate of drug-likeness (QED) is 0.617. The van der Waals surface area contributed by atoms with Crippen LogP contribution in [0.15, 0.2) is 48.3 Å². The molecule has 122 valence electrons. The monoisotopic (exact) mass is 314 g/mol. The van der Waals surface area contributed by atoms with E-state index >= 15 is 0 Å². The predicted molar refractivity (Wildman–Crippen MR) is 87.9 cm³/mol. The summed E-state index contributed by atoms with van der Waals surface area (Å²) in [7, 11) is 0. The Kier molecular flexibility index (Phi) is 4.95.